The number of nitrogens with one attached hydrogen (secondary N) is 2. The number of hydrogen-bond acceptors (Lipinski definition) is 2. The van der Waals surface area contributed by atoms with Gasteiger partial charge >= 0.3 is 0 Å². The molecular formula is C16H18Cl2N2. The van der Waals surface area contributed by atoms with Crippen LogP contribution in [0, 0.1) is 0 Å². The summed E-state index contributed by atoms with van der Waals surface area (Å²) >= 11 is 5.98. The van der Waals surface area contributed by atoms with Crippen molar-refractivity contribution in [2.75, 3.05) is 13.1 Å². The second-order valence-corrected chi connectivity index (χ2v) is 5.25. The standard InChI is InChI=1S/C16H17ClN2.ClH/c17-14-7-5-12(6-8-14)16-15-4-2-1-3-13(15)11-18-9-10-19-16;/h1-8,16,18-19H,9-11H2;1H. The molecule has 1 aliphatic rings. The van der Waals surface area contributed by atoms with Crippen LogP contribution < -0.4 is 10.6 Å². The van der Waals surface area contributed by atoms with Gasteiger partial charge in [-0.25, -0.2) is 0 Å². The van der Waals surface area contributed by atoms with Gasteiger partial charge in [0.15, 0.2) is 0 Å². The predicted octanol–water partition coefficient (Wildman–Crippen LogP) is 3.54. The van der Waals surface area contributed by atoms with E-state index < -0.39 is 0 Å². The van der Waals surface area contributed by atoms with E-state index in [1.165, 1.54) is 16.7 Å². The lowest BCUT2D eigenvalue weighted by Crippen LogP contribution is -2.34. The van der Waals surface area contributed by atoms with Crippen molar-refractivity contribution in [3.63, 3.8) is 0 Å². The monoisotopic (exact) mass is 308 g/mol. The topological polar surface area (TPSA) is 24.1 Å². The van der Waals surface area contributed by atoms with E-state index in [0.717, 1.165) is 24.7 Å². The molecule has 20 heavy (non-hydrogen) atoms. The van der Waals surface area contributed by atoms with Crippen LogP contribution in [0.2, 0.25) is 5.02 Å². The maximum atomic E-state index is 5.98. The van der Waals surface area contributed by atoms with E-state index in [2.05, 4.69) is 47.0 Å². The Kier molecular flexibility index (Phi) is 5.44. The Balaban J connectivity index is 0.00000147. The van der Waals surface area contributed by atoms with Crippen LogP contribution in [-0.2, 0) is 6.54 Å². The molecule has 2 N–H and O–H groups in total. The third-order valence-electron chi connectivity index (χ3n) is 3.54. The van der Waals surface area contributed by atoms with Crippen molar-refractivity contribution in [3.05, 3.63) is 70.2 Å². The van der Waals surface area contributed by atoms with Crippen LogP contribution in [0.4, 0.5) is 0 Å². The molecule has 0 saturated carbocycles. The van der Waals surface area contributed by atoms with Crippen LogP contribution in [0.1, 0.15) is 22.7 Å². The van der Waals surface area contributed by atoms with Gasteiger partial charge in [0.2, 0.25) is 0 Å². The fraction of sp³-hybridized carbons (Fsp3) is 0.250. The molecule has 0 aromatic heterocycles. The van der Waals surface area contributed by atoms with E-state index >= 15 is 0 Å². The highest BCUT2D eigenvalue weighted by atomic mass is 35.5. The molecule has 1 unspecified atom stereocenters. The zero-order chi connectivity index (χ0) is 13.1. The van der Waals surface area contributed by atoms with Gasteiger partial charge in [0.05, 0.1) is 6.04 Å². The summed E-state index contributed by atoms with van der Waals surface area (Å²) in [7, 11) is 0. The molecular weight excluding hydrogens is 291 g/mol. The van der Waals surface area contributed by atoms with Gasteiger partial charge in [0.1, 0.15) is 0 Å². The predicted molar refractivity (Wildman–Crippen MR) is 86.7 cm³/mol. The quantitative estimate of drug-likeness (QED) is 0.842. The molecule has 0 bridgehead atoms. The second kappa shape index (κ2) is 7.09. The second-order valence-electron chi connectivity index (χ2n) is 4.81. The molecule has 0 saturated heterocycles. The maximum absolute atomic E-state index is 5.98. The Morgan fingerprint density at radius 2 is 1.70 bits per heavy atom. The van der Waals surface area contributed by atoms with Gasteiger partial charge < -0.3 is 10.6 Å². The van der Waals surface area contributed by atoms with Crippen molar-refractivity contribution >= 4 is 24.0 Å². The lowest BCUT2D eigenvalue weighted by Gasteiger charge is -2.25. The molecule has 0 aliphatic carbocycles. The van der Waals surface area contributed by atoms with Crippen molar-refractivity contribution in [2.45, 2.75) is 12.6 Å². The van der Waals surface area contributed by atoms with Gasteiger partial charge in [0.25, 0.3) is 0 Å². The minimum Gasteiger partial charge on any atom is -0.311 e. The number of fused-ring (bicyclic) bond motifs is 1. The smallest absolute Gasteiger partial charge is 0.0580 e. The first-order valence-electron chi connectivity index (χ1n) is 6.62. The average Bonchev–Trinajstić information content (AvgIpc) is 2.42. The first kappa shape index (κ1) is 15.3. The van der Waals surface area contributed by atoms with Crippen LogP contribution in [0.25, 0.3) is 0 Å². The number of hydrogen-bond donors (Lipinski definition) is 2. The molecule has 2 nitrogen and oxygen atoms in total. The number of benzene rings is 2. The molecule has 1 aliphatic heterocycles. The third kappa shape index (κ3) is 3.33. The van der Waals surface area contributed by atoms with Gasteiger partial charge in [-0.15, -0.1) is 12.4 Å². The van der Waals surface area contributed by atoms with E-state index in [4.69, 9.17) is 11.6 Å². The third-order valence-corrected chi connectivity index (χ3v) is 3.79. The number of rotatable bonds is 1. The molecule has 3 rings (SSSR count). The number of halogens is 2. The summed E-state index contributed by atoms with van der Waals surface area (Å²) in [5.41, 5.74) is 3.96. The van der Waals surface area contributed by atoms with Gasteiger partial charge in [-0.3, -0.25) is 0 Å². The SMILES string of the molecule is Cl.Clc1ccc(C2NCCNCc3ccccc32)cc1. The van der Waals surface area contributed by atoms with E-state index in [9.17, 15) is 0 Å². The Morgan fingerprint density at radius 3 is 2.50 bits per heavy atom. The molecule has 1 heterocycles. The highest BCUT2D eigenvalue weighted by molar-refractivity contribution is 6.30. The first-order valence-corrected chi connectivity index (χ1v) is 7.00. The van der Waals surface area contributed by atoms with Crippen LogP contribution in [0.15, 0.2) is 48.5 Å². The van der Waals surface area contributed by atoms with Gasteiger partial charge in [-0.2, -0.15) is 0 Å². The zero-order valence-electron chi connectivity index (χ0n) is 11.1. The molecule has 2 aromatic rings. The minimum absolute atomic E-state index is 0. The van der Waals surface area contributed by atoms with Crippen LogP contribution >= 0.6 is 24.0 Å². The lowest BCUT2D eigenvalue weighted by molar-refractivity contribution is 0.538. The molecule has 106 valence electrons. The summed E-state index contributed by atoms with van der Waals surface area (Å²) in [6.07, 6.45) is 0. The fourth-order valence-electron chi connectivity index (χ4n) is 2.57. The lowest BCUT2D eigenvalue weighted by atomic mass is 9.93. The fourth-order valence-corrected chi connectivity index (χ4v) is 2.69. The molecule has 0 radical (unpaired) electrons. The summed E-state index contributed by atoms with van der Waals surface area (Å²) in [6, 6.07) is 17.0. The van der Waals surface area contributed by atoms with E-state index in [-0.39, 0.29) is 18.4 Å². The maximum Gasteiger partial charge on any atom is 0.0580 e. The van der Waals surface area contributed by atoms with E-state index in [1.807, 2.05) is 12.1 Å². The Bertz CT molecular complexity index is 555. The molecule has 4 heteroatoms. The van der Waals surface area contributed by atoms with E-state index in [0.29, 0.717) is 0 Å². The van der Waals surface area contributed by atoms with Crippen molar-refractivity contribution < 1.29 is 0 Å². The van der Waals surface area contributed by atoms with Crippen LogP contribution in [-0.4, -0.2) is 13.1 Å². The largest absolute Gasteiger partial charge is 0.311 e. The summed E-state index contributed by atoms with van der Waals surface area (Å²) in [6.45, 7) is 2.88. The summed E-state index contributed by atoms with van der Waals surface area (Å²) in [5, 5.41) is 7.83. The Labute approximate surface area is 130 Å². The van der Waals surface area contributed by atoms with Crippen molar-refractivity contribution in [2.24, 2.45) is 0 Å². The van der Waals surface area contributed by atoms with E-state index in [1.54, 1.807) is 0 Å². The first-order chi connectivity index (χ1) is 9.34. The Morgan fingerprint density at radius 1 is 0.950 bits per heavy atom. The molecule has 0 spiro atoms. The normalized spacial score (nSPS) is 18.4. The average molecular weight is 309 g/mol. The summed E-state index contributed by atoms with van der Waals surface area (Å²) in [5.74, 6) is 0. The van der Waals surface area contributed by atoms with Gasteiger partial charge in [-0.05, 0) is 28.8 Å². The van der Waals surface area contributed by atoms with Gasteiger partial charge in [-0.1, -0.05) is 48.0 Å². The molecule has 0 fully saturated rings. The summed E-state index contributed by atoms with van der Waals surface area (Å²) in [4.78, 5) is 0. The Hall–Kier alpha value is -1.06. The van der Waals surface area contributed by atoms with Crippen molar-refractivity contribution in [1.29, 1.82) is 0 Å². The van der Waals surface area contributed by atoms with Crippen molar-refractivity contribution in [1.82, 2.24) is 10.6 Å². The molecule has 0 amide bonds. The summed E-state index contributed by atoms with van der Waals surface area (Å²) < 4.78 is 0. The molecule has 2 aromatic carbocycles. The minimum atomic E-state index is 0. The van der Waals surface area contributed by atoms with Crippen LogP contribution in [0.5, 0.6) is 0 Å². The highest BCUT2D eigenvalue weighted by Gasteiger charge is 2.18. The zero-order valence-corrected chi connectivity index (χ0v) is 12.7. The van der Waals surface area contributed by atoms with Crippen LogP contribution in [0.3, 0.4) is 0 Å². The highest BCUT2D eigenvalue weighted by Crippen LogP contribution is 2.26. The van der Waals surface area contributed by atoms with Gasteiger partial charge in [0, 0.05) is 24.7 Å². The van der Waals surface area contributed by atoms with Crippen molar-refractivity contribution in [3.8, 4) is 0 Å². The molecule has 1 atom stereocenters.